The van der Waals surface area contributed by atoms with Crippen LogP contribution in [-0.2, 0) is 24.1 Å². The van der Waals surface area contributed by atoms with Crippen LogP contribution < -0.4 is 20.1 Å². The molecule has 3 aromatic rings. The first-order valence-electron chi connectivity index (χ1n) is 11.2. The van der Waals surface area contributed by atoms with Gasteiger partial charge in [-0.05, 0) is 36.6 Å². The highest BCUT2D eigenvalue weighted by atomic mass is 19.4. The smallest absolute Gasteiger partial charge is 0.433 e. The number of aliphatic carboxylic acids is 1. The second-order valence-corrected chi connectivity index (χ2v) is 9.60. The maximum Gasteiger partial charge on any atom is 0.433 e. The fourth-order valence-electron chi connectivity index (χ4n) is 5.57. The Balaban J connectivity index is 1.16. The molecular weight excluding hydrogens is 500 g/mol. The van der Waals surface area contributed by atoms with Crippen LogP contribution in [0, 0.1) is 11.2 Å². The maximum absolute atomic E-state index is 14.6. The fourth-order valence-corrected chi connectivity index (χ4v) is 5.57. The molecule has 3 aliphatic heterocycles. The first-order valence-corrected chi connectivity index (χ1v) is 11.2. The average Bonchev–Trinajstić information content (AvgIpc) is 3.42. The zero-order chi connectivity index (χ0) is 26.2. The fraction of sp³-hybridized carbons (Fsp3) is 0.333. The minimum Gasteiger partial charge on any atom is -0.481 e. The molecule has 0 atom stereocenters. The highest BCUT2D eigenvalue weighted by molar-refractivity contribution is 5.81. The first kappa shape index (κ1) is 23.3. The Morgan fingerprint density at radius 3 is 2.62 bits per heavy atom. The van der Waals surface area contributed by atoms with Crippen molar-refractivity contribution in [1.82, 2.24) is 14.5 Å². The Morgan fingerprint density at radius 1 is 1.14 bits per heavy atom. The van der Waals surface area contributed by atoms with Gasteiger partial charge < -0.3 is 19.5 Å². The summed E-state index contributed by atoms with van der Waals surface area (Å²) in [5.41, 5.74) is -2.50. The Hall–Kier alpha value is -4.16. The molecular formula is C24H18F4N4O5. The third-order valence-electron chi connectivity index (χ3n) is 7.15. The van der Waals surface area contributed by atoms with Crippen molar-refractivity contribution in [3.8, 4) is 17.4 Å². The number of rotatable bonds is 6. The molecule has 1 aliphatic carbocycles. The van der Waals surface area contributed by atoms with Gasteiger partial charge in [-0.2, -0.15) is 18.2 Å². The first-order chi connectivity index (χ1) is 17.5. The molecule has 13 heteroatoms. The number of anilines is 1. The summed E-state index contributed by atoms with van der Waals surface area (Å²) in [7, 11) is 0. The molecule has 2 saturated heterocycles. The third-order valence-corrected chi connectivity index (χ3v) is 7.15. The van der Waals surface area contributed by atoms with Gasteiger partial charge in [-0.15, -0.1) is 0 Å². The van der Waals surface area contributed by atoms with E-state index in [2.05, 4.69) is 9.97 Å². The number of carbonyl (C=O) groups is 1. The normalized spacial score (nSPS) is 23.3. The van der Waals surface area contributed by atoms with Gasteiger partial charge in [0.25, 0.3) is 0 Å². The maximum atomic E-state index is 14.6. The number of pyridine rings is 1. The van der Waals surface area contributed by atoms with Gasteiger partial charge in [0.15, 0.2) is 11.6 Å². The minimum atomic E-state index is -4.67. The molecule has 3 fully saturated rings. The Kier molecular flexibility index (Phi) is 4.82. The molecule has 1 aromatic carbocycles. The molecule has 4 aliphatic rings. The number of aromatic nitrogens is 3. The summed E-state index contributed by atoms with van der Waals surface area (Å²) in [4.78, 5) is 33.4. The largest absolute Gasteiger partial charge is 0.481 e. The number of carboxylic acid groups (broad SMARTS) is 1. The van der Waals surface area contributed by atoms with Gasteiger partial charge in [0.2, 0.25) is 5.88 Å². The van der Waals surface area contributed by atoms with Crippen LogP contribution in [0.15, 0.2) is 47.4 Å². The second-order valence-electron chi connectivity index (χ2n) is 9.60. The van der Waals surface area contributed by atoms with E-state index in [1.807, 2.05) is 4.90 Å². The highest BCUT2D eigenvalue weighted by Gasteiger charge is 2.71. The summed E-state index contributed by atoms with van der Waals surface area (Å²) < 4.78 is 65.5. The van der Waals surface area contributed by atoms with Gasteiger partial charge in [0, 0.05) is 24.9 Å². The van der Waals surface area contributed by atoms with Gasteiger partial charge in [0.05, 0.1) is 17.5 Å². The molecule has 9 nitrogen and oxygen atoms in total. The molecule has 5 heterocycles. The van der Waals surface area contributed by atoms with E-state index in [0.29, 0.717) is 43.4 Å². The van der Waals surface area contributed by atoms with Crippen LogP contribution in [0.2, 0.25) is 0 Å². The zero-order valence-corrected chi connectivity index (χ0v) is 19.0. The lowest BCUT2D eigenvalue weighted by molar-refractivity contribution is -0.153. The second kappa shape index (κ2) is 7.67. The highest BCUT2D eigenvalue weighted by Crippen LogP contribution is 2.63. The van der Waals surface area contributed by atoms with Gasteiger partial charge >= 0.3 is 17.8 Å². The van der Waals surface area contributed by atoms with Crippen molar-refractivity contribution in [3.63, 3.8) is 0 Å². The van der Waals surface area contributed by atoms with Crippen LogP contribution in [0.4, 0.5) is 23.4 Å². The number of alkyl halides is 3. The topological polar surface area (TPSA) is 107 Å². The predicted octanol–water partition coefficient (Wildman–Crippen LogP) is 3.60. The molecule has 1 N–H and O–H groups in total. The molecule has 192 valence electrons. The molecule has 7 rings (SSSR count). The van der Waals surface area contributed by atoms with Gasteiger partial charge in [0.1, 0.15) is 23.9 Å². The number of hydrogen-bond acceptors (Lipinski definition) is 7. The zero-order valence-electron chi connectivity index (χ0n) is 19.0. The Morgan fingerprint density at radius 2 is 1.92 bits per heavy atom. The molecule has 37 heavy (non-hydrogen) atoms. The number of ether oxygens (including phenoxy) is 2. The monoisotopic (exact) mass is 518 g/mol. The van der Waals surface area contributed by atoms with Crippen molar-refractivity contribution in [2.24, 2.45) is 5.41 Å². The summed E-state index contributed by atoms with van der Waals surface area (Å²) >= 11 is 0. The third kappa shape index (κ3) is 3.67. The molecule has 0 radical (unpaired) electrons. The standard InChI is InChI=1S/C24H18F4N4O5/c25-15-5-13(1-2-16(15)37-14-3-4-29-17(6-14)24(26,27)28)8-36-18-7-19-31(21(35)30-18)12-23-9-22(10-23,20(33)34)11-32(19)23/h1-7H,8-12H2,(H,33,34). The van der Waals surface area contributed by atoms with Crippen LogP contribution in [0.5, 0.6) is 17.4 Å². The number of hydrogen-bond donors (Lipinski definition) is 1. The Bertz CT molecular complexity index is 1500. The summed E-state index contributed by atoms with van der Waals surface area (Å²) in [6, 6.07) is 7.23. The summed E-state index contributed by atoms with van der Waals surface area (Å²) in [5.74, 6) is -1.63. The van der Waals surface area contributed by atoms with Crippen molar-refractivity contribution in [2.45, 2.75) is 37.7 Å². The molecule has 2 bridgehead atoms. The number of halogens is 4. The van der Waals surface area contributed by atoms with Gasteiger partial charge in [-0.25, -0.2) is 9.18 Å². The van der Waals surface area contributed by atoms with E-state index in [-0.39, 0.29) is 29.5 Å². The average molecular weight is 518 g/mol. The van der Waals surface area contributed by atoms with Crippen LogP contribution >= 0.6 is 0 Å². The van der Waals surface area contributed by atoms with Gasteiger partial charge in [-0.3, -0.25) is 14.3 Å². The number of fused-ring (bicyclic) bond motifs is 1. The Labute approximate surface area is 205 Å². The lowest BCUT2D eigenvalue weighted by Gasteiger charge is -2.42. The quantitative estimate of drug-likeness (QED) is 0.494. The number of carboxylic acids is 1. The number of nitrogens with zero attached hydrogens (tertiary/aromatic N) is 4. The molecule has 0 amide bonds. The number of benzene rings is 1. The molecule has 2 aromatic heterocycles. The van der Waals surface area contributed by atoms with E-state index in [4.69, 9.17) is 9.47 Å². The summed E-state index contributed by atoms with van der Waals surface area (Å²) in [5, 5.41) is 9.58. The van der Waals surface area contributed by atoms with Crippen molar-refractivity contribution in [3.05, 3.63) is 70.2 Å². The molecule has 1 saturated carbocycles. The van der Waals surface area contributed by atoms with Crippen molar-refractivity contribution < 1.29 is 36.9 Å². The van der Waals surface area contributed by atoms with Crippen LogP contribution in [0.25, 0.3) is 0 Å². The van der Waals surface area contributed by atoms with E-state index in [0.717, 1.165) is 12.3 Å². The SMILES string of the molecule is O=C(O)C12CN3c4cc(OCc5ccc(Oc6ccnc(C(F)(F)F)c6)c(F)c5)nc(=O)n4CC3(C1)C2. The van der Waals surface area contributed by atoms with Crippen molar-refractivity contribution in [1.29, 1.82) is 0 Å². The summed E-state index contributed by atoms with van der Waals surface area (Å²) in [6.45, 7) is 0.530. The lowest BCUT2D eigenvalue weighted by Crippen LogP contribution is -2.52. The molecule has 0 unspecified atom stereocenters. The van der Waals surface area contributed by atoms with Gasteiger partial charge in [-0.1, -0.05) is 6.07 Å². The van der Waals surface area contributed by atoms with E-state index in [9.17, 15) is 32.3 Å². The van der Waals surface area contributed by atoms with Crippen molar-refractivity contribution >= 4 is 11.8 Å². The van der Waals surface area contributed by atoms with Crippen molar-refractivity contribution in [2.75, 3.05) is 11.4 Å². The molecule has 1 spiro atoms. The van der Waals surface area contributed by atoms with E-state index in [1.165, 1.54) is 22.8 Å². The minimum absolute atomic E-state index is 0.0129. The van der Waals surface area contributed by atoms with E-state index in [1.54, 1.807) is 6.07 Å². The van der Waals surface area contributed by atoms with Crippen LogP contribution in [0.1, 0.15) is 24.1 Å². The lowest BCUT2D eigenvalue weighted by atomic mass is 9.62. The summed E-state index contributed by atoms with van der Waals surface area (Å²) in [6.07, 6.45) is -2.81. The van der Waals surface area contributed by atoms with E-state index < -0.39 is 34.8 Å². The van der Waals surface area contributed by atoms with Crippen LogP contribution in [-0.4, -0.2) is 37.7 Å². The van der Waals surface area contributed by atoms with E-state index >= 15 is 0 Å². The van der Waals surface area contributed by atoms with Crippen LogP contribution in [0.3, 0.4) is 0 Å². The predicted molar refractivity (Wildman–Crippen MR) is 118 cm³/mol.